The van der Waals surface area contributed by atoms with Crippen molar-refractivity contribution in [3.8, 4) is 0 Å². The molecule has 0 aromatic carbocycles. The number of hydrogen-bond donors (Lipinski definition) is 0. The first-order chi connectivity index (χ1) is 9.99. The Kier molecular flexibility index (Phi) is 3.52. The Balaban J connectivity index is 1.78. The fraction of sp³-hybridized carbons (Fsp3) is 0.667. The van der Waals surface area contributed by atoms with Crippen molar-refractivity contribution in [1.29, 1.82) is 0 Å². The Morgan fingerprint density at radius 2 is 2.10 bits per heavy atom. The third-order valence-electron chi connectivity index (χ3n) is 3.89. The van der Waals surface area contributed by atoms with Crippen molar-refractivity contribution in [1.82, 2.24) is 24.1 Å². The minimum Gasteiger partial charge on any atom is -0.332 e. The number of rotatable bonds is 1. The molecule has 3 heterocycles. The molecule has 1 aromatic heterocycles. The van der Waals surface area contributed by atoms with Gasteiger partial charge in [-0.25, -0.2) is 9.48 Å². The van der Waals surface area contributed by atoms with Gasteiger partial charge in [0.05, 0.1) is 12.4 Å². The number of amides is 2. The van der Waals surface area contributed by atoms with Crippen molar-refractivity contribution in [2.75, 3.05) is 18.2 Å². The van der Waals surface area contributed by atoms with E-state index in [9.17, 15) is 14.4 Å². The van der Waals surface area contributed by atoms with Crippen LogP contribution in [0.2, 0.25) is 0 Å². The molecule has 0 N–H and O–H groups in total. The van der Waals surface area contributed by atoms with Gasteiger partial charge in [-0.15, -0.1) is 11.8 Å². The summed E-state index contributed by atoms with van der Waals surface area (Å²) in [5, 5.41) is 4.15. The zero-order valence-electron chi connectivity index (χ0n) is 12.0. The van der Waals surface area contributed by atoms with E-state index in [1.54, 1.807) is 33.2 Å². The predicted molar refractivity (Wildman–Crippen MR) is 76.5 cm³/mol. The van der Waals surface area contributed by atoms with Gasteiger partial charge in [-0.3, -0.25) is 14.2 Å². The highest BCUT2D eigenvalue weighted by molar-refractivity contribution is 7.99. The maximum Gasteiger partial charge on any atom is 0.345 e. The van der Waals surface area contributed by atoms with E-state index in [0.717, 1.165) is 0 Å². The van der Waals surface area contributed by atoms with E-state index in [1.807, 2.05) is 0 Å². The van der Waals surface area contributed by atoms with E-state index in [4.69, 9.17) is 0 Å². The van der Waals surface area contributed by atoms with E-state index in [-0.39, 0.29) is 17.5 Å². The summed E-state index contributed by atoms with van der Waals surface area (Å²) in [7, 11) is 1.60. The van der Waals surface area contributed by atoms with Crippen LogP contribution in [0.4, 0.5) is 0 Å². The second-order valence-corrected chi connectivity index (χ2v) is 6.24. The van der Waals surface area contributed by atoms with Gasteiger partial charge in [0.15, 0.2) is 5.82 Å². The lowest BCUT2D eigenvalue weighted by atomic mass is 10.2. The first-order valence-corrected chi connectivity index (χ1v) is 7.91. The third-order valence-corrected chi connectivity index (χ3v) is 4.91. The van der Waals surface area contributed by atoms with Gasteiger partial charge in [0.25, 0.3) is 0 Å². The van der Waals surface area contributed by atoms with Crippen LogP contribution in [-0.2, 0) is 29.7 Å². The molecule has 0 saturated carbocycles. The average molecular weight is 311 g/mol. The number of carbonyl (C=O) groups excluding carboxylic acids is 2. The molecule has 0 aliphatic carbocycles. The standard InChI is InChI=1S/C12H17N5O3S/c1-8(18)17-7-21-6-9(17)11(19)15-3-4-16-10(5-15)13-14(2)12(16)20/h9H,3-7H2,1-2H3. The van der Waals surface area contributed by atoms with Gasteiger partial charge in [-0.05, 0) is 0 Å². The normalized spacial score (nSPS) is 21.5. The summed E-state index contributed by atoms with van der Waals surface area (Å²) in [5.74, 6) is 1.66. The highest BCUT2D eigenvalue weighted by Crippen LogP contribution is 2.23. The number of aromatic nitrogens is 3. The lowest BCUT2D eigenvalue weighted by Crippen LogP contribution is -2.51. The van der Waals surface area contributed by atoms with Gasteiger partial charge in [-0.2, -0.15) is 5.10 Å². The maximum absolute atomic E-state index is 12.6. The Bertz CT molecular complexity index is 652. The molecule has 8 nitrogen and oxygen atoms in total. The Morgan fingerprint density at radius 3 is 2.81 bits per heavy atom. The number of carbonyl (C=O) groups is 2. The van der Waals surface area contributed by atoms with E-state index >= 15 is 0 Å². The number of thioether (sulfide) groups is 1. The van der Waals surface area contributed by atoms with Crippen LogP contribution in [0, 0.1) is 0 Å². The summed E-state index contributed by atoms with van der Waals surface area (Å²) in [6.07, 6.45) is 0. The second kappa shape index (κ2) is 5.21. The predicted octanol–water partition coefficient (Wildman–Crippen LogP) is -1.15. The minimum absolute atomic E-state index is 0.0560. The average Bonchev–Trinajstić information content (AvgIpc) is 3.04. The molecular weight excluding hydrogens is 294 g/mol. The summed E-state index contributed by atoms with van der Waals surface area (Å²) in [5.41, 5.74) is -0.154. The van der Waals surface area contributed by atoms with Crippen molar-refractivity contribution < 1.29 is 9.59 Å². The van der Waals surface area contributed by atoms with Crippen molar-refractivity contribution in [3.05, 3.63) is 16.3 Å². The first-order valence-electron chi connectivity index (χ1n) is 6.75. The Morgan fingerprint density at radius 1 is 1.33 bits per heavy atom. The highest BCUT2D eigenvalue weighted by atomic mass is 32.2. The quantitative estimate of drug-likeness (QED) is 0.654. The minimum atomic E-state index is -0.394. The topological polar surface area (TPSA) is 80.4 Å². The van der Waals surface area contributed by atoms with E-state index in [0.29, 0.717) is 37.1 Å². The lowest BCUT2D eigenvalue weighted by Gasteiger charge is -2.31. The summed E-state index contributed by atoms with van der Waals surface area (Å²) < 4.78 is 2.88. The molecule has 1 aromatic rings. The summed E-state index contributed by atoms with van der Waals surface area (Å²) >= 11 is 1.59. The van der Waals surface area contributed by atoms with Gasteiger partial charge in [0.1, 0.15) is 6.04 Å². The molecule has 3 rings (SSSR count). The van der Waals surface area contributed by atoms with Gasteiger partial charge in [0.2, 0.25) is 11.8 Å². The van der Waals surface area contributed by atoms with Crippen LogP contribution in [0.25, 0.3) is 0 Å². The zero-order valence-corrected chi connectivity index (χ0v) is 12.8. The molecule has 0 spiro atoms. The molecule has 2 amide bonds. The van der Waals surface area contributed by atoms with Crippen LogP contribution < -0.4 is 5.69 Å². The maximum atomic E-state index is 12.6. The fourth-order valence-electron chi connectivity index (χ4n) is 2.72. The molecule has 0 radical (unpaired) electrons. The number of nitrogens with zero attached hydrogens (tertiary/aromatic N) is 5. The van der Waals surface area contributed by atoms with Gasteiger partial charge >= 0.3 is 5.69 Å². The number of fused-ring (bicyclic) bond motifs is 1. The van der Waals surface area contributed by atoms with E-state index in [1.165, 1.54) is 11.6 Å². The zero-order chi connectivity index (χ0) is 15.1. The molecule has 1 unspecified atom stereocenters. The van der Waals surface area contributed by atoms with Crippen molar-refractivity contribution in [2.24, 2.45) is 7.05 Å². The van der Waals surface area contributed by atoms with Crippen LogP contribution in [0.1, 0.15) is 12.7 Å². The van der Waals surface area contributed by atoms with Gasteiger partial charge < -0.3 is 9.80 Å². The molecule has 21 heavy (non-hydrogen) atoms. The highest BCUT2D eigenvalue weighted by Gasteiger charge is 2.37. The molecular formula is C12H17N5O3S. The molecule has 1 atom stereocenters. The molecule has 114 valence electrons. The van der Waals surface area contributed by atoms with Gasteiger partial charge in [-0.1, -0.05) is 0 Å². The van der Waals surface area contributed by atoms with Crippen molar-refractivity contribution >= 4 is 23.6 Å². The molecule has 1 fully saturated rings. The second-order valence-electron chi connectivity index (χ2n) is 5.24. The smallest absolute Gasteiger partial charge is 0.332 e. The largest absolute Gasteiger partial charge is 0.345 e. The van der Waals surface area contributed by atoms with Crippen molar-refractivity contribution in [2.45, 2.75) is 26.1 Å². The number of hydrogen-bond acceptors (Lipinski definition) is 5. The third kappa shape index (κ3) is 2.35. The molecule has 1 saturated heterocycles. The lowest BCUT2D eigenvalue weighted by molar-refractivity contribution is -0.143. The van der Waals surface area contributed by atoms with Crippen LogP contribution >= 0.6 is 11.8 Å². The molecule has 0 bridgehead atoms. The monoisotopic (exact) mass is 311 g/mol. The van der Waals surface area contributed by atoms with Gasteiger partial charge in [0, 0.05) is 32.8 Å². The van der Waals surface area contributed by atoms with E-state index < -0.39 is 6.04 Å². The summed E-state index contributed by atoms with van der Waals surface area (Å²) in [4.78, 5) is 39.3. The fourth-order valence-corrected chi connectivity index (χ4v) is 3.93. The van der Waals surface area contributed by atoms with E-state index in [2.05, 4.69) is 5.10 Å². The first kappa shape index (κ1) is 14.2. The number of aryl methyl sites for hydroxylation is 1. The molecule has 9 heteroatoms. The Hall–Kier alpha value is -1.77. The molecule has 2 aliphatic rings. The summed E-state index contributed by atoms with van der Waals surface area (Å²) in [6, 6.07) is -0.394. The SMILES string of the molecule is CC(=O)N1CSCC1C(=O)N1CCn2c(nn(C)c2=O)C1. The van der Waals surface area contributed by atoms with Crippen LogP contribution in [0.3, 0.4) is 0 Å². The Labute approximate surface area is 125 Å². The van der Waals surface area contributed by atoms with Crippen molar-refractivity contribution in [3.63, 3.8) is 0 Å². The van der Waals surface area contributed by atoms with Crippen LogP contribution in [0.15, 0.2) is 4.79 Å². The van der Waals surface area contributed by atoms with Crippen LogP contribution in [-0.4, -0.2) is 60.2 Å². The molecule has 2 aliphatic heterocycles. The summed E-state index contributed by atoms with van der Waals surface area (Å²) in [6.45, 7) is 2.73. The van der Waals surface area contributed by atoms with Crippen LogP contribution in [0.5, 0.6) is 0 Å².